The average molecular weight is 331 g/mol. The van der Waals surface area contributed by atoms with Gasteiger partial charge in [-0.1, -0.05) is 50.5 Å². The second-order valence-electron chi connectivity index (χ2n) is 8.36. The van der Waals surface area contributed by atoms with E-state index in [1.54, 1.807) is 5.56 Å². The van der Waals surface area contributed by atoms with E-state index in [-0.39, 0.29) is 6.67 Å². The van der Waals surface area contributed by atoms with E-state index < -0.39 is 0 Å². The summed E-state index contributed by atoms with van der Waals surface area (Å²) in [7, 11) is 0. The Morgan fingerprint density at radius 3 is 1.96 bits per heavy atom. The molecule has 1 heteroatoms. The standard InChI is InChI=1S/C23H35F/c1-2-3-18-4-8-20(9-5-18)22-12-14-23(15-13-22)21-10-6-19(7-11-21)16-17-24/h4-5,8-9,19,21-23H,2-3,6-7,10-17H2,1H3. The van der Waals surface area contributed by atoms with Crippen LogP contribution in [0.25, 0.3) is 0 Å². The molecule has 2 aliphatic rings. The first-order chi connectivity index (χ1) is 11.8. The van der Waals surface area contributed by atoms with E-state index >= 15 is 0 Å². The maximum absolute atomic E-state index is 12.5. The molecule has 2 fully saturated rings. The first-order valence-electron chi connectivity index (χ1n) is 10.4. The number of rotatable bonds is 6. The van der Waals surface area contributed by atoms with Crippen LogP contribution in [0.4, 0.5) is 4.39 Å². The normalized spacial score (nSPS) is 31.1. The molecule has 2 aliphatic carbocycles. The molecule has 0 spiro atoms. The Bertz CT molecular complexity index is 461. The van der Waals surface area contributed by atoms with Gasteiger partial charge in [-0.2, -0.15) is 0 Å². The van der Waals surface area contributed by atoms with Crippen molar-refractivity contribution in [3.8, 4) is 0 Å². The number of aryl methyl sites for hydroxylation is 1. The third kappa shape index (κ3) is 4.61. The van der Waals surface area contributed by atoms with Gasteiger partial charge in [-0.15, -0.1) is 0 Å². The first-order valence-corrected chi connectivity index (χ1v) is 10.4. The van der Waals surface area contributed by atoms with Gasteiger partial charge in [0.15, 0.2) is 0 Å². The molecule has 0 bridgehead atoms. The predicted molar refractivity (Wildman–Crippen MR) is 101 cm³/mol. The Morgan fingerprint density at radius 2 is 1.42 bits per heavy atom. The average Bonchev–Trinajstić information content (AvgIpc) is 2.64. The number of halogens is 1. The molecule has 0 amide bonds. The van der Waals surface area contributed by atoms with Crippen LogP contribution in [0.15, 0.2) is 24.3 Å². The minimum atomic E-state index is -0.114. The summed E-state index contributed by atoms with van der Waals surface area (Å²) in [6, 6.07) is 9.46. The fraction of sp³-hybridized carbons (Fsp3) is 0.739. The molecule has 0 radical (unpaired) electrons. The zero-order valence-corrected chi connectivity index (χ0v) is 15.5. The van der Waals surface area contributed by atoms with Crippen LogP contribution in [0, 0.1) is 17.8 Å². The van der Waals surface area contributed by atoms with Gasteiger partial charge in [-0.3, -0.25) is 4.39 Å². The fourth-order valence-electron chi connectivity index (χ4n) is 5.27. The van der Waals surface area contributed by atoms with E-state index in [2.05, 4.69) is 31.2 Å². The number of hydrogen-bond acceptors (Lipinski definition) is 0. The zero-order valence-electron chi connectivity index (χ0n) is 15.5. The van der Waals surface area contributed by atoms with Crippen molar-refractivity contribution < 1.29 is 4.39 Å². The van der Waals surface area contributed by atoms with E-state index in [1.165, 1.54) is 69.8 Å². The van der Waals surface area contributed by atoms with Crippen molar-refractivity contribution in [3.63, 3.8) is 0 Å². The second-order valence-corrected chi connectivity index (χ2v) is 8.36. The highest BCUT2D eigenvalue weighted by Gasteiger charge is 2.31. The van der Waals surface area contributed by atoms with Gasteiger partial charge in [-0.05, 0) is 86.2 Å². The lowest BCUT2D eigenvalue weighted by Crippen LogP contribution is -2.25. The molecule has 134 valence electrons. The molecule has 0 atom stereocenters. The molecule has 2 saturated carbocycles. The largest absolute Gasteiger partial charge is 0.251 e. The molecule has 1 aromatic carbocycles. The van der Waals surface area contributed by atoms with Crippen molar-refractivity contribution in [1.29, 1.82) is 0 Å². The first kappa shape index (κ1) is 18.0. The van der Waals surface area contributed by atoms with E-state index in [4.69, 9.17) is 0 Å². The van der Waals surface area contributed by atoms with Gasteiger partial charge in [0.05, 0.1) is 6.67 Å². The molecule has 0 unspecified atom stereocenters. The predicted octanol–water partition coefficient (Wildman–Crippen LogP) is 7.08. The lowest BCUT2D eigenvalue weighted by Gasteiger charge is -2.38. The Labute approximate surface area is 148 Å². The highest BCUT2D eigenvalue weighted by Crippen LogP contribution is 2.44. The molecule has 0 N–H and O–H groups in total. The summed E-state index contributed by atoms with van der Waals surface area (Å²) in [6.45, 7) is 2.14. The van der Waals surface area contributed by atoms with E-state index in [9.17, 15) is 4.39 Å². The molecular weight excluding hydrogens is 295 g/mol. The van der Waals surface area contributed by atoms with Gasteiger partial charge in [0.2, 0.25) is 0 Å². The Kier molecular flexibility index (Phi) is 6.75. The summed E-state index contributed by atoms with van der Waals surface area (Å²) in [5, 5.41) is 0. The van der Waals surface area contributed by atoms with Crippen molar-refractivity contribution >= 4 is 0 Å². The number of alkyl halides is 1. The molecule has 0 aliphatic heterocycles. The Balaban J connectivity index is 1.45. The third-order valence-corrected chi connectivity index (χ3v) is 6.84. The lowest BCUT2D eigenvalue weighted by atomic mass is 9.68. The van der Waals surface area contributed by atoms with Gasteiger partial charge in [0, 0.05) is 0 Å². The molecule has 1 aromatic rings. The summed E-state index contributed by atoms with van der Waals surface area (Å²) in [6.07, 6.45) is 14.1. The van der Waals surface area contributed by atoms with Crippen molar-refractivity contribution in [2.75, 3.05) is 6.67 Å². The van der Waals surface area contributed by atoms with Gasteiger partial charge in [-0.25, -0.2) is 0 Å². The smallest absolute Gasteiger partial charge is 0.0897 e. The van der Waals surface area contributed by atoms with E-state index in [0.717, 1.165) is 24.2 Å². The molecule has 0 nitrogen and oxygen atoms in total. The summed E-state index contributed by atoms with van der Waals surface area (Å²) >= 11 is 0. The minimum Gasteiger partial charge on any atom is -0.251 e. The summed E-state index contributed by atoms with van der Waals surface area (Å²) < 4.78 is 12.5. The van der Waals surface area contributed by atoms with Crippen LogP contribution < -0.4 is 0 Å². The number of hydrogen-bond donors (Lipinski definition) is 0. The molecular formula is C23H35F. The minimum absolute atomic E-state index is 0.114. The second kappa shape index (κ2) is 9.02. The highest BCUT2D eigenvalue weighted by atomic mass is 19.1. The van der Waals surface area contributed by atoms with Crippen molar-refractivity contribution in [3.05, 3.63) is 35.4 Å². The zero-order chi connectivity index (χ0) is 16.8. The lowest BCUT2D eigenvalue weighted by molar-refractivity contribution is 0.153. The fourth-order valence-corrected chi connectivity index (χ4v) is 5.27. The summed E-state index contributed by atoms with van der Waals surface area (Å²) in [5.41, 5.74) is 3.06. The third-order valence-electron chi connectivity index (χ3n) is 6.84. The van der Waals surface area contributed by atoms with Crippen LogP contribution in [-0.4, -0.2) is 6.67 Å². The van der Waals surface area contributed by atoms with Crippen molar-refractivity contribution in [2.45, 2.75) is 83.5 Å². The van der Waals surface area contributed by atoms with Crippen molar-refractivity contribution in [1.82, 2.24) is 0 Å². The van der Waals surface area contributed by atoms with E-state index in [0.29, 0.717) is 5.92 Å². The van der Waals surface area contributed by atoms with Crippen LogP contribution in [0.1, 0.15) is 88.2 Å². The maximum atomic E-state index is 12.5. The Morgan fingerprint density at radius 1 is 0.833 bits per heavy atom. The van der Waals surface area contributed by atoms with Crippen molar-refractivity contribution in [2.24, 2.45) is 17.8 Å². The topological polar surface area (TPSA) is 0 Å². The quantitative estimate of drug-likeness (QED) is 0.523. The van der Waals surface area contributed by atoms with Crippen LogP contribution >= 0.6 is 0 Å². The van der Waals surface area contributed by atoms with Crippen LogP contribution in [-0.2, 0) is 6.42 Å². The molecule has 0 aromatic heterocycles. The molecule has 0 heterocycles. The van der Waals surface area contributed by atoms with Crippen LogP contribution in [0.5, 0.6) is 0 Å². The van der Waals surface area contributed by atoms with Crippen LogP contribution in [0.3, 0.4) is 0 Å². The molecule has 24 heavy (non-hydrogen) atoms. The van der Waals surface area contributed by atoms with E-state index in [1.807, 2.05) is 0 Å². The number of benzene rings is 1. The van der Waals surface area contributed by atoms with Gasteiger partial charge in [0.25, 0.3) is 0 Å². The monoisotopic (exact) mass is 330 g/mol. The van der Waals surface area contributed by atoms with Gasteiger partial charge in [0.1, 0.15) is 0 Å². The SMILES string of the molecule is CCCc1ccc(C2CCC(C3CCC(CCF)CC3)CC2)cc1. The van der Waals surface area contributed by atoms with Gasteiger partial charge < -0.3 is 0 Å². The Hall–Kier alpha value is -0.850. The maximum Gasteiger partial charge on any atom is 0.0897 e. The van der Waals surface area contributed by atoms with Gasteiger partial charge >= 0.3 is 0 Å². The highest BCUT2D eigenvalue weighted by molar-refractivity contribution is 5.26. The summed E-state index contributed by atoms with van der Waals surface area (Å²) in [4.78, 5) is 0. The molecule has 3 rings (SSSR count). The summed E-state index contributed by atoms with van der Waals surface area (Å²) in [5.74, 6) is 3.37. The van der Waals surface area contributed by atoms with Crippen LogP contribution in [0.2, 0.25) is 0 Å². The molecule has 0 saturated heterocycles.